The van der Waals surface area contributed by atoms with Crippen molar-refractivity contribution in [1.29, 1.82) is 0 Å². The third-order valence-corrected chi connectivity index (χ3v) is 3.12. The van der Waals surface area contributed by atoms with Gasteiger partial charge in [0.05, 0.1) is 43.2 Å². The van der Waals surface area contributed by atoms with Gasteiger partial charge >= 0.3 is 0 Å². The van der Waals surface area contributed by atoms with Crippen LogP contribution < -0.4 is 10.5 Å². The maximum absolute atomic E-state index is 5.86. The van der Waals surface area contributed by atoms with Gasteiger partial charge in [0.15, 0.2) is 5.75 Å². The summed E-state index contributed by atoms with van der Waals surface area (Å²) in [5, 5.41) is 0.561. The molecule has 0 heterocycles. The van der Waals surface area contributed by atoms with Crippen LogP contribution in [0.4, 0.5) is 5.69 Å². The number of methoxy groups -OCH3 is 1. The fourth-order valence-electron chi connectivity index (χ4n) is 1.40. The second-order valence-corrected chi connectivity index (χ2v) is 5.16. The molecule has 0 bridgehead atoms. The first-order valence-corrected chi connectivity index (χ1v) is 7.34. The van der Waals surface area contributed by atoms with Crippen molar-refractivity contribution in [3.05, 3.63) is 21.6 Å². The molecule has 1 aromatic carbocycles. The Hall–Kier alpha value is -0.530. The zero-order valence-corrected chi connectivity index (χ0v) is 13.7. The average molecular weight is 369 g/mol. The molecular weight excluding hydrogens is 350 g/mol. The molecule has 0 unspecified atom stereocenters. The first-order chi connectivity index (χ1) is 9.65. The van der Waals surface area contributed by atoms with Crippen LogP contribution in [0, 0.1) is 0 Å². The minimum atomic E-state index is 0.405. The molecule has 2 N–H and O–H groups in total. The Kier molecular flexibility index (Phi) is 8.97. The Morgan fingerprint density at radius 2 is 1.65 bits per heavy atom. The summed E-state index contributed by atoms with van der Waals surface area (Å²) in [5.41, 5.74) is 6.31. The second-order valence-electron chi connectivity index (χ2n) is 3.87. The van der Waals surface area contributed by atoms with Crippen molar-refractivity contribution in [3.63, 3.8) is 0 Å². The van der Waals surface area contributed by atoms with E-state index in [1.54, 1.807) is 19.2 Å². The van der Waals surface area contributed by atoms with Crippen LogP contribution in [0.5, 0.6) is 5.75 Å². The van der Waals surface area contributed by atoms with Gasteiger partial charge in [-0.1, -0.05) is 11.6 Å². The van der Waals surface area contributed by atoms with Gasteiger partial charge in [-0.15, -0.1) is 0 Å². The van der Waals surface area contributed by atoms with E-state index >= 15 is 0 Å². The van der Waals surface area contributed by atoms with E-state index in [0.29, 0.717) is 56.1 Å². The molecule has 0 amide bonds. The molecule has 0 aliphatic rings. The normalized spacial score (nSPS) is 10.8. The van der Waals surface area contributed by atoms with Crippen LogP contribution in [0.3, 0.4) is 0 Å². The average Bonchev–Trinajstić information content (AvgIpc) is 2.39. The van der Waals surface area contributed by atoms with E-state index in [1.807, 2.05) is 0 Å². The quantitative estimate of drug-likeness (QED) is 0.508. The van der Waals surface area contributed by atoms with E-state index in [-0.39, 0.29) is 0 Å². The van der Waals surface area contributed by atoms with Crippen LogP contribution >= 0.6 is 27.5 Å². The number of anilines is 1. The van der Waals surface area contributed by atoms with Gasteiger partial charge in [-0.3, -0.25) is 0 Å². The minimum Gasteiger partial charge on any atom is -0.488 e. The Morgan fingerprint density at radius 3 is 2.25 bits per heavy atom. The number of nitrogen functional groups attached to an aromatic ring is 1. The van der Waals surface area contributed by atoms with E-state index < -0.39 is 0 Å². The maximum atomic E-state index is 5.86. The van der Waals surface area contributed by atoms with Crippen LogP contribution in [-0.4, -0.2) is 46.8 Å². The Bertz CT molecular complexity index is 383. The zero-order chi connectivity index (χ0) is 14.8. The smallest absolute Gasteiger partial charge is 0.156 e. The molecule has 7 heteroatoms. The number of hydrogen-bond donors (Lipinski definition) is 1. The maximum Gasteiger partial charge on any atom is 0.156 e. The predicted molar refractivity (Wildman–Crippen MR) is 82.6 cm³/mol. The van der Waals surface area contributed by atoms with Crippen molar-refractivity contribution in [2.24, 2.45) is 0 Å². The molecule has 0 aromatic heterocycles. The summed E-state index contributed by atoms with van der Waals surface area (Å²) in [7, 11) is 1.64. The van der Waals surface area contributed by atoms with Crippen LogP contribution in [0.25, 0.3) is 0 Å². The van der Waals surface area contributed by atoms with E-state index in [4.69, 9.17) is 36.3 Å². The molecule has 1 aromatic rings. The van der Waals surface area contributed by atoms with Gasteiger partial charge in [0.25, 0.3) is 0 Å². The van der Waals surface area contributed by atoms with Gasteiger partial charge in [0.2, 0.25) is 0 Å². The molecule has 0 aliphatic heterocycles. The summed E-state index contributed by atoms with van der Waals surface area (Å²) >= 11 is 9.22. The number of ether oxygens (including phenoxy) is 4. The lowest BCUT2D eigenvalue weighted by molar-refractivity contribution is 0.0180. The number of halogens is 2. The zero-order valence-electron chi connectivity index (χ0n) is 11.4. The van der Waals surface area contributed by atoms with Gasteiger partial charge in [0, 0.05) is 12.1 Å². The van der Waals surface area contributed by atoms with Gasteiger partial charge in [0.1, 0.15) is 6.61 Å². The van der Waals surface area contributed by atoms with Crippen molar-refractivity contribution >= 4 is 33.2 Å². The molecule has 0 atom stereocenters. The summed E-state index contributed by atoms with van der Waals surface area (Å²) in [6.07, 6.45) is 0. The lowest BCUT2D eigenvalue weighted by Crippen LogP contribution is -2.12. The summed E-state index contributed by atoms with van der Waals surface area (Å²) in [4.78, 5) is 0. The first-order valence-electron chi connectivity index (χ1n) is 6.17. The summed E-state index contributed by atoms with van der Waals surface area (Å²) < 4.78 is 21.8. The molecule has 0 aliphatic carbocycles. The highest BCUT2D eigenvalue weighted by Crippen LogP contribution is 2.34. The van der Waals surface area contributed by atoms with E-state index in [9.17, 15) is 0 Å². The molecule has 0 spiro atoms. The van der Waals surface area contributed by atoms with E-state index in [0.717, 1.165) is 4.47 Å². The molecule has 114 valence electrons. The Balaban J connectivity index is 2.13. The van der Waals surface area contributed by atoms with Crippen LogP contribution in [0.15, 0.2) is 16.6 Å². The first kappa shape index (κ1) is 17.5. The second kappa shape index (κ2) is 10.2. The van der Waals surface area contributed by atoms with Gasteiger partial charge in [-0.05, 0) is 28.1 Å². The monoisotopic (exact) mass is 367 g/mol. The standard InChI is InChI=1S/C13H19BrClNO4/c1-17-2-3-18-4-5-19-6-7-20-13-11(14)8-10(15)9-12(13)16/h8-9H,2-7,16H2,1H3. The highest BCUT2D eigenvalue weighted by Gasteiger charge is 2.07. The molecule has 0 saturated heterocycles. The fraction of sp³-hybridized carbons (Fsp3) is 0.538. The molecule has 1 rings (SSSR count). The Labute approximate surface area is 132 Å². The van der Waals surface area contributed by atoms with E-state index in [2.05, 4.69) is 15.9 Å². The molecule has 0 fully saturated rings. The summed E-state index contributed by atoms with van der Waals surface area (Å²) in [5.74, 6) is 0.578. The van der Waals surface area contributed by atoms with Crippen molar-refractivity contribution in [1.82, 2.24) is 0 Å². The van der Waals surface area contributed by atoms with E-state index in [1.165, 1.54) is 0 Å². The van der Waals surface area contributed by atoms with Gasteiger partial charge in [-0.2, -0.15) is 0 Å². The SMILES string of the molecule is COCCOCCOCCOc1c(N)cc(Cl)cc1Br. The van der Waals surface area contributed by atoms with Crippen LogP contribution in [0.1, 0.15) is 0 Å². The Morgan fingerprint density at radius 1 is 1.05 bits per heavy atom. The molecule has 0 saturated carbocycles. The lowest BCUT2D eigenvalue weighted by atomic mass is 10.3. The lowest BCUT2D eigenvalue weighted by Gasteiger charge is -2.11. The third-order valence-electron chi connectivity index (χ3n) is 2.31. The topological polar surface area (TPSA) is 62.9 Å². The number of hydrogen-bond acceptors (Lipinski definition) is 5. The van der Waals surface area contributed by atoms with Gasteiger partial charge < -0.3 is 24.7 Å². The molecule has 0 radical (unpaired) electrons. The molecular formula is C13H19BrClNO4. The van der Waals surface area contributed by atoms with Crippen molar-refractivity contribution < 1.29 is 18.9 Å². The predicted octanol–water partition coefficient (Wildman–Crippen LogP) is 2.74. The number of rotatable bonds is 10. The molecule has 20 heavy (non-hydrogen) atoms. The number of nitrogens with two attached hydrogens (primary N) is 1. The highest BCUT2D eigenvalue weighted by atomic mass is 79.9. The van der Waals surface area contributed by atoms with Crippen molar-refractivity contribution in [2.75, 3.05) is 52.5 Å². The minimum absolute atomic E-state index is 0.405. The van der Waals surface area contributed by atoms with Crippen LogP contribution in [0.2, 0.25) is 5.02 Å². The highest BCUT2D eigenvalue weighted by molar-refractivity contribution is 9.10. The number of benzene rings is 1. The summed E-state index contributed by atoms with van der Waals surface area (Å²) in [6, 6.07) is 3.38. The van der Waals surface area contributed by atoms with Crippen LogP contribution in [-0.2, 0) is 14.2 Å². The fourth-order valence-corrected chi connectivity index (χ4v) is 2.35. The van der Waals surface area contributed by atoms with Crippen molar-refractivity contribution in [3.8, 4) is 5.75 Å². The molecule has 5 nitrogen and oxygen atoms in total. The summed E-state index contributed by atoms with van der Waals surface area (Å²) in [6.45, 7) is 3.09. The van der Waals surface area contributed by atoms with Gasteiger partial charge in [-0.25, -0.2) is 0 Å². The third kappa shape index (κ3) is 6.76. The van der Waals surface area contributed by atoms with Crippen molar-refractivity contribution in [2.45, 2.75) is 0 Å². The largest absolute Gasteiger partial charge is 0.488 e.